The van der Waals surface area contributed by atoms with E-state index in [9.17, 15) is 25.2 Å². The van der Waals surface area contributed by atoms with Crippen molar-refractivity contribution in [2.45, 2.75) is 122 Å². The minimum atomic E-state index is -1.15. The SMILES string of the molecule is C/C=C(\C)[C@@H](OC(C)=O)[C@@H](C)c1cc(OC)c2c(c1O)O[C@]1(C)CC[C@H]3O[C@@H](C(C)(C)O)C[C@H](O)[C@]3(C)[C@H]1[C@@H]2O. The first kappa shape index (κ1) is 30.6. The Bertz CT molecular complexity index is 1170. The zero-order chi connectivity index (χ0) is 29.9. The molecule has 224 valence electrons. The summed E-state index contributed by atoms with van der Waals surface area (Å²) < 4.78 is 24.4. The number of rotatable bonds is 6. The predicted molar refractivity (Wildman–Crippen MR) is 148 cm³/mol. The second-order valence-corrected chi connectivity index (χ2v) is 12.9. The molecule has 1 aromatic rings. The predicted octanol–water partition coefficient (Wildman–Crippen LogP) is 4.29. The number of allylic oxidation sites excluding steroid dienone is 1. The van der Waals surface area contributed by atoms with E-state index in [-0.39, 0.29) is 17.9 Å². The minimum Gasteiger partial charge on any atom is -0.504 e. The van der Waals surface area contributed by atoms with E-state index >= 15 is 0 Å². The maximum Gasteiger partial charge on any atom is 0.303 e. The molecule has 0 aromatic heterocycles. The first-order chi connectivity index (χ1) is 18.5. The van der Waals surface area contributed by atoms with Crippen molar-refractivity contribution in [3.63, 3.8) is 0 Å². The Morgan fingerprint density at radius 1 is 1.25 bits per heavy atom. The molecule has 2 aliphatic heterocycles. The van der Waals surface area contributed by atoms with E-state index < -0.39 is 64.9 Å². The number of methoxy groups -OCH3 is 1. The zero-order valence-corrected chi connectivity index (χ0v) is 25.1. The number of carbonyl (C=O) groups excluding carboxylic acids is 1. The van der Waals surface area contributed by atoms with Crippen molar-refractivity contribution >= 4 is 5.97 Å². The fraction of sp³-hybridized carbons (Fsp3) is 0.710. The monoisotopic (exact) mass is 562 g/mol. The number of phenols is 1. The molecule has 0 spiro atoms. The Labute approximate surface area is 237 Å². The van der Waals surface area contributed by atoms with Crippen molar-refractivity contribution in [1.82, 2.24) is 0 Å². The van der Waals surface area contributed by atoms with Crippen LogP contribution in [0.3, 0.4) is 0 Å². The molecule has 3 aliphatic rings. The quantitative estimate of drug-likeness (QED) is 0.296. The molecule has 2 fully saturated rings. The van der Waals surface area contributed by atoms with E-state index in [0.717, 1.165) is 5.57 Å². The van der Waals surface area contributed by atoms with E-state index in [4.69, 9.17) is 18.9 Å². The summed E-state index contributed by atoms with van der Waals surface area (Å²) in [5, 5.41) is 45.8. The average molecular weight is 563 g/mol. The van der Waals surface area contributed by atoms with Crippen molar-refractivity contribution in [1.29, 1.82) is 0 Å². The molecular weight excluding hydrogens is 516 g/mol. The van der Waals surface area contributed by atoms with Gasteiger partial charge in [0, 0.05) is 36.2 Å². The van der Waals surface area contributed by atoms with Gasteiger partial charge in [-0.15, -0.1) is 0 Å². The molecule has 1 aliphatic carbocycles. The number of aliphatic hydroxyl groups is 3. The molecule has 4 N–H and O–H groups in total. The first-order valence-electron chi connectivity index (χ1n) is 14.2. The second kappa shape index (κ2) is 10.5. The van der Waals surface area contributed by atoms with Crippen LogP contribution in [0.4, 0.5) is 0 Å². The summed E-state index contributed by atoms with van der Waals surface area (Å²) in [7, 11) is 1.49. The van der Waals surface area contributed by atoms with Crippen LogP contribution in [0.2, 0.25) is 0 Å². The van der Waals surface area contributed by atoms with Gasteiger partial charge in [-0.25, -0.2) is 0 Å². The molecule has 1 saturated carbocycles. The van der Waals surface area contributed by atoms with Crippen molar-refractivity contribution in [2.24, 2.45) is 11.3 Å². The molecule has 1 aromatic carbocycles. The lowest BCUT2D eigenvalue weighted by Gasteiger charge is -2.62. The van der Waals surface area contributed by atoms with Gasteiger partial charge in [-0.05, 0) is 59.1 Å². The van der Waals surface area contributed by atoms with Crippen molar-refractivity contribution in [3.8, 4) is 17.2 Å². The maximum absolute atomic E-state index is 12.0. The van der Waals surface area contributed by atoms with Crippen LogP contribution >= 0.6 is 0 Å². The Morgan fingerprint density at radius 3 is 2.45 bits per heavy atom. The molecule has 9 heteroatoms. The van der Waals surface area contributed by atoms with Crippen LogP contribution < -0.4 is 9.47 Å². The summed E-state index contributed by atoms with van der Waals surface area (Å²) in [6, 6.07) is 1.66. The van der Waals surface area contributed by atoms with E-state index in [0.29, 0.717) is 29.7 Å². The number of hydrogen-bond donors (Lipinski definition) is 4. The lowest BCUT2D eigenvalue weighted by molar-refractivity contribution is -0.289. The number of benzene rings is 1. The Hall–Kier alpha value is -2.33. The van der Waals surface area contributed by atoms with Crippen LogP contribution in [0, 0.1) is 11.3 Å². The van der Waals surface area contributed by atoms with E-state index in [2.05, 4.69) is 0 Å². The van der Waals surface area contributed by atoms with Crippen LogP contribution in [-0.2, 0) is 14.3 Å². The molecular formula is C31H46O9. The van der Waals surface area contributed by atoms with E-state index in [1.54, 1.807) is 19.9 Å². The minimum absolute atomic E-state index is 0.134. The van der Waals surface area contributed by atoms with E-state index in [1.807, 2.05) is 40.7 Å². The van der Waals surface area contributed by atoms with Crippen LogP contribution in [0.15, 0.2) is 17.7 Å². The summed E-state index contributed by atoms with van der Waals surface area (Å²) in [6.45, 7) is 14.1. The van der Waals surface area contributed by atoms with Gasteiger partial charge in [0.15, 0.2) is 11.5 Å². The zero-order valence-electron chi connectivity index (χ0n) is 25.1. The molecule has 40 heavy (non-hydrogen) atoms. The van der Waals surface area contributed by atoms with Gasteiger partial charge in [0.2, 0.25) is 0 Å². The number of carbonyl (C=O) groups is 1. The fourth-order valence-electron chi connectivity index (χ4n) is 7.39. The summed E-state index contributed by atoms with van der Waals surface area (Å²) in [4.78, 5) is 11.9. The number of phenolic OH excluding ortho intramolecular Hbond substituents is 1. The molecule has 0 bridgehead atoms. The summed E-state index contributed by atoms with van der Waals surface area (Å²) >= 11 is 0. The Balaban J connectivity index is 1.82. The Morgan fingerprint density at radius 2 is 1.90 bits per heavy atom. The summed E-state index contributed by atoms with van der Waals surface area (Å²) in [6.07, 6.45) is -0.506. The fourth-order valence-corrected chi connectivity index (χ4v) is 7.39. The molecule has 9 nitrogen and oxygen atoms in total. The van der Waals surface area contributed by atoms with Gasteiger partial charge in [-0.2, -0.15) is 0 Å². The second-order valence-electron chi connectivity index (χ2n) is 12.9. The van der Waals surface area contributed by atoms with Gasteiger partial charge in [0.1, 0.15) is 17.5 Å². The molecule has 0 amide bonds. The van der Waals surface area contributed by atoms with Gasteiger partial charge in [0.05, 0.1) is 42.7 Å². The van der Waals surface area contributed by atoms with Crippen LogP contribution in [0.1, 0.15) is 97.8 Å². The van der Waals surface area contributed by atoms with Crippen LogP contribution in [0.25, 0.3) is 0 Å². The van der Waals surface area contributed by atoms with Crippen molar-refractivity contribution < 1.29 is 44.2 Å². The number of aromatic hydroxyl groups is 1. The smallest absolute Gasteiger partial charge is 0.303 e. The highest BCUT2D eigenvalue weighted by molar-refractivity contribution is 5.67. The summed E-state index contributed by atoms with van der Waals surface area (Å²) in [5.74, 6) is -1.16. The third-order valence-corrected chi connectivity index (χ3v) is 9.79. The van der Waals surface area contributed by atoms with Gasteiger partial charge in [0.25, 0.3) is 0 Å². The van der Waals surface area contributed by atoms with Gasteiger partial charge >= 0.3 is 5.97 Å². The molecule has 9 atom stereocenters. The van der Waals surface area contributed by atoms with Gasteiger partial charge in [-0.1, -0.05) is 19.9 Å². The third-order valence-electron chi connectivity index (χ3n) is 9.79. The van der Waals surface area contributed by atoms with Crippen LogP contribution in [-0.4, -0.2) is 69.1 Å². The standard InChI is InChI=1S/C31H46O9/c1-10-15(2)26(38-17(4)32)16(3)18-13-19(37-9)23-25(35)28-30(7,40-27(23)24(18)34)12-11-21-31(28,8)20(33)14-22(39-21)29(5,6)36/h10,13,16,20-22,25-26,28,33-36H,11-12,14H2,1-9H3/b15-10+/t16-,20-,21+,22+,25+,26+,28-,30+,31-/m0/s1. The first-order valence-corrected chi connectivity index (χ1v) is 14.2. The third kappa shape index (κ3) is 4.78. The van der Waals surface area contributed by atoms with Gasteiger partial charge in [-0.3, -0.25) is 4.79 Å². The normalized spacial score (nSPS) is 35.4. The maximum atomic E-state index is 12.0. The van der Waals surface area contributed by atoms with Crippen molar-refractivity contribution in [2.75, 3.05) is 7.11 Å². The molecule has 0 unspecified atom stereocenters. The van der Waals surface area contributed by atoms with Crippen molar-refractivity contribution in [3.05, 3.63) is 28.8 Å². The highest BCUT2D eigenvalue weighted by Crippen LogP contribution is 2.64. The van der Waals surface area contributed by atoms with E-state index in [1.165, 1.54) is 14.0 Å². The highest BCUT2D eigenvalue weighted by atomic mass is 16.5. The Kier molecular flexibility index (Phi) is 8.04. The molecule has 1 saturated heterocycles. The molecule has 2 heterocycles. The molecule has 4 rings (SSSR count). The number of hydrogen-bond acceptors (Lipinski definition) is 9. The topological polar surface area (TPSA) is 135 Å². The number of fused-ring (bicyclic) bond motifs is 4. The lowest BCUT2D eigenvalue weighted by atomic mass is 9.52. The number of aliphatic hydroxyl groups excluding tert-OH is 2. The number of ether oxygens (including phenoxy) is 4. The van der Waals surface area contributed by atoms with Crippen LogP contribution in [0.5, 0.6) is 17.2 Å². The molecule has 0 radical (unpaired) electrons. The van der Waals surface area contributed by atoms with Gasteiger partial charge < -0.3 is 39.4 Å². The summed E-state index contributed by atoms with van der Waals surface area (Å²) in [5.41, 5.74) is -1.37. The lowest BCUT2D eigenvalue weighted by Crippen LogP contribution is -2.68. The highest BCUT2D eigenvalue weighted by Gasteiger charge is 2.66. The number of esters is 1. The largest absolute Gasteiger partial charge is 0.504 e. The average Bonchev–Trinajstić information content (AvgIpc) is 2.86.